The number of aromatic carboxylic acids is 1. The molecule has 1 N–H and O–H groups in total. The number of halogens is 2. The molecule has 3 rings (SSSR count). The fraction of sp³-hybridized carbons (Fsp3) is 0. The number of thiazole rings is 1. The van der Waals surface area contributed by atoms with E-state index < -0.39 is 11.8 Å². The van der Waals surface area contributed by atoms with E-state index in [9.17, 15) is 14.3 Å². The molecule has 1 aromatic carbocycles. The number of benzene rings is 1. The van der Waals surface area contributed by atoms with Crippen molar-refractivity contribution in [2.75, 3.05) is 0 Å². The van der Waals surface area contributed by atoms with Crippen molar-refractivity contribution in [1.29, 1.82) is 0 Å². The van der Waals surface area contributed by atoms with Crippen LogP contribution in [0.15, 0.2) is 34.2 Å². The smallest absolute Gasteiger partial charge is 0.358 e. The normalized spacial score (nSPS) is 10.9. The summed E-state index contributed by atoms with van der Waals surface area (Å²) in [7, 11) is 0. The van der Waals surface area contributed by atoms with Crippen molar-refractivity contribution >= 4 is 38.2 Å². The van der Waals surface area contributed by atoms with Crippen molar-refractivity contribution in [3.05, 3.63) is 45.8 Å². The maximum Gasteiger partial charge on any atom is 0.358 e. The van der Waals surface area contributed by atoms with Gasteiger partial charge < -0.3 is 9.84 Å². The Labute approximate surface area is 124 Å². The molecule has 0 aliphatic rings. The van der Waals surface area contributed by atoms with Crippen LogP contribution in [0.4, 0.5) is 4.39 Å². The molecule has 0 atom stereocenters. The Bertz CT molecular complexity index is 814. The minimum atomic E-state index is -1.15. The minimum absolute atomic E-state index is 0.0251. The molecule has 0 spiro atoms. The van der Waals surface area contributed by atoms with Crippen molar-refractivity contribution in [1.82, 2.24) is 9.38 Å². The van der Waals surface area contributed by atoms with E-state index in [4.69, 9.17) is 4.74 Å². The van der Waals surface area contributed by atoms with Crippen molar-refractivity contribution in [2.45, 2.75) is 0 Å². The van der Waals surface area contributed by atoms with E-state index in [1.54, 1.807) is 11.6 Å². The highest BCUT2D eigenvalue weighted by Gasteiger charge is 2.21. The number of ether oxygens (including phenoxy) is 1. The molecule has 0 aliphatic heterocycles. The topological polar surface area (TPSA) is 63.8 Å². The molecule has 8 heteroatoms. The van der Waals surface area contributed by atoms with Crippen molar-refractivity contribution < 1.29 is 19.0 Å². The van der Waals surface area contributed by atoms with Crippen LogP contribution in [0.5, 0.6) is 11.6 Å². The Balaban J connectivity index is 2.05. The number of rotatable bonds is 3. The second-order valence-electron chi connectivity index (χ2n) is 3.80. The summed E-state index contributed by atoms with van der Waals surface area (Å²) in [6.45, 7) is 0. The third kappa shape index (κ3) is 2.16. The third-order valence-corrected chi connectivity index (χ3v) is 3.90. The van der Waals surface area contributed by atoms with Crippen LogP contribution in [0.2, 0.25) is 0 Å². The maximum atomic E-state index is 13.1. The number of hydrogen-bond donors (Lipinski definition) is 1. The van der Waals surface area contributed by atoms with Crippen LogP contribution in [0, 0.1) is 5.82 Å². The highest BCUT2D eigenvalue weighted by atomic mass is 79.9. The van der Waals surface area contributed by atoms with Gasteiger partial charge in [0.2, 0.25) is 0 Å². The van der Waals surface area contributed by atoms with Gasteiger partial charge in [0, 0.05) is 11.6 Å². The van der Waals surface area contributed by atoms with Crippen LogP contribution >= 0.6 is 27.3 Å². The van der Waals surface area contributed by atoms with Gasteiger partial charge in [0.05, 0.1) is 4.47 Å². The van der Waals surface area contributed by atoms with Gasteiger partial charge >= 0.3 is 5.97 Å². The van der Waals surface area contributed by atoms with Gasteiger partial charge in [-0.3, -0.25) is 4.40 Å². The standard InChI is InChI=1S/C12H6BrFN2O3S/c13-7-5-6(1-2-8(7)14)19-10-9(11(17)18)16-3-4-20-12(16)15-10/h1-5H,(H,17,18). The van der Waals surface area contributed by atoms with Crippen LogP contribution in [0.1, 0.15) is 10.5 Å². The largest absolute Gasteiger partial charge is 0.476 e. The fourth-order valence-electron chi connectivity index (χ4n) is 1.68. The molecule has 0 aliphatic carbocycles. The monoisotopic (exact) mass is 356 g/mol. The summed E-state index contributed by atoms with van der Waals surface area (Å²) in [5, 5.41) is 11.0. The molecule has 3 aromatic rings. The van der Waals surface area contributed by atoms with Gasteiger partial charge in [0.15, 0.2) is 10.7 Å². The van der Waals surface area contributed by atoms with Crippen LogP contribution in [-0.4, -0.2) is 20.5 Å². The summed E-state index contributed by atoms with van der Waals surface area (Å²) in [6, 6.07) is 4.03. The first-order valence-corrected chi connectivity index (χ1v) is 7.05. The quantitative estimate of drug-likeness (QED) is 0.775. The molecule has 0 unspecified atom stereocenters. The Kier molecular flexibility index (Phi) is 3.19. The van der Waals surface area contributed by atoms with E-state index in [-0.39, 0.29) is 16.0 Å². The lowest BCUT2D eigenvalue weighted by Gasteiger charge is -2.04. The first kappa shape index (κ1) is 13.1. The number of carboxylic acids is 1. The Morgan fingerprint density at radius 3 is 3.00 bits per heavy atom. The molecular formula is C12H6BrFN2O3S. The van der Waals surface area contributed by atoms with Gasteiger partial charge in [0.1, 0.15) is 11.6 Å². The molecule has 0 radical (unpaired) electrons. The van der Waals surface area contributed by atoms with Gasteiger partial charge in [-0.2, -0.15) is 4.98 Å². The summed E-state index contributed by atoms with van der Waals surface area (Å²) in [4.78, 5) is 15.9. The predicted molar refractivity (Wildman–Crippen MR) is 74.2 cm³/mol. The minimum Gasteiger partial charge on any atom is -0.476 e. The van der Waals surface area contributed by atoms with Gasteiger partial charge in [0.25, 0.3) is 5.88 Å². The molecule has 0 saturated carbocycles. The lowest BCUT2D eigenvalue weighted by molar-refractivity contribution is 0.0686. The van der Waals surface area contributed by atoms with Crippen LogP contribution in [0.25, 0.3) is 4.96 Å². The molecule has 0 bridgehead atoms. The SMILES string of the molecule is O=C(O)c1c(Oc2ccc(F)c(Br)c2)nc2sccn12. The molecule has 2 heterocycles. The van der Waals surface area contributed by atoms with E-state index in [1.165, 1.54) is 33.9 Å². The molecular weight excluding hydrogens is 351 g/mol. The van der Waals surface area contributed by atoms with Crippen molar-refractivity contribution in [2.24, 2.45) is 0 Å². The van der Waals surface area contributed by atoms with Gasteiger partial charge in [-0.25, -0.2) is 9.18 Å². The summed E-state index contributed by atoms with van der Waals surface area (Å²) in [6.07, 6.45) is 1.60. The summed E-state index contributed by atoms with van der Waals surface area (Å²) >= 11 is 4.33. The third-order valence-electron chi connectivity index (χ3n) is 2.54. The van der Waals surface area contributed by atoms with E-state index in [2.05, 4.69) is 20.9 Å². The molecule has 0 fully saturated rings. The zero-order valence-corrected chi connectivity index (χ0v) is 12.1. The molecule has 2 aromatic heterocycles. The van der Waals surface area contributed by atoms with E-state index in [0.717, 1.165) is 0 Å². The first-order chi connectivity index (χ1) is 9.56. The van der Waals surface area contributed by atoms with E-state index >= 15 is 0 Å². The average Bonchev–Trinajstić information content (AvgIpc) is 2.93. The maximum absolute atomic E-state index is 13.1. The lowest BCUT2D eigenvalue weighted by Crippen LogP contribution is -2.02. The molecule has 102 valence electrons. The second-order valence-corrected chi connectivity index (χ2v) is 5.53. The molecule has 0 saturated heterocycles. The number of hydrogen-bond acceptors (Lipinski definition) is 4. The number of nitrogens with zero attached hydrogens (tertiary/aromatic N) is 2. The number of carbonyl (C=O) groups is 1. The molecule has 5 nitrogen and oxygen atoms in total. The molecule has 20 heavy (non-hydrogen) atoms. The van der Waals surface area contributed by atoms with Crippen LogP contribution < -0.4 is 4.74 Å². The number of aromatic nitrogens is 2. The fourth-order valence-corrected chi connectivity index (χ4v) is 2.75. The zero-order valence-electron chi connectivity index (χ0n) is 9.71. The number of carboxylic acid groups (broad SMARTS) is 1. The van der Waals surface area contributed by atoms with E-state index in [0.29, 0.717) is 10.7 Å². The Hall–Kier alpha value is -1.93. The highest BCUT2D eigenvalue weighted by Crippen LogP contribution is 2.30. The zero-order chi connectivity index (χ0) is 14.3. The lowest BCUT2D eigenvalue weighted by atomic mass is 10.3. The predicted octanol–water partition coefficient (Wildman–Crippen LogP) is 3.79. The molecule has 0 amide bonds. The second kappa shape index (κ2) is 4.88. The van der Waals surface area contributed by atoms with Gasteiger partial charge in [-0.05, 0) is 34.1 Å². The van der Waals surface area contributed by atoms with Crippen molar-refractivity contribution in [3.8, 4) is 11.6 Å². The Morgan fingerprint density at radius 2 is 2.30 bits per heavy atom. The van der Waals surface area contributed by atoms with Gasteiger partial charge in [-0.15, -0.1) is 11.3 Å². The van der Waals surface area contributed by atoms with Gasteiger partial charge in [-0.1, -0.05) is 0 Å². The number of imidazole rings is 1. The summed E-state index contributed by atoms with van der Waals surface area (Å²) in [5.41, 5.74) is -0.0679. The van der Waals surface area contributed by atoms with E-state index in [1.807, 2.05) is 0 Å². The first-order valence-electron chi connectivity index (χ1n) is 5.38. The Morgan fingerprint density at radius 1 is 1.50 bits per heavy atom. The number of fused-ring (bicyclic) bond motifs is 1. The van der Waals surface area contributed by atoms with Crippen LogP contribution in [0.3, 0.4) is 0 Å². The highest BCUT2D eigenvalue weighted by molar-refractivity contribution is 9.10. The average molecular weight is 357 g/mol. The summed E-state index contributed by atoms with van der Waals surface area (Å²) < 4.78 is 20.3. The van der Waals surface area contributed by atoms with Crippen LogP contribution in [-0.2, 0) is 0 Å². The van der Waals surface area contributed by atoms with Crippen molar-refractivity contribution in [3.63, 3.8) is 0 Å². The summed E-state index contributed by atoms with van der Waals surface area (Å²) in [5.74, 6) is -1.30.